The van der Waals surface area contributed by atoms with Crippen LogP contribution in [0.2, 0.25) is 0 Å². The summed E-state index contributed by atoms with van der Waals surface area (Å²) in [5, 5.41) is 14.6. The summed E-state index contributed by atoms with van der Waals surface area (Å²) in [6.45, 7) is 0.478. The average Bonchev–Trinajstić information content (AvgIpc) is 3.19. The number of nitrogens with one attached hydrogen (secondary N) is 2. The highest BCUT2D eigenvalue weighted by Gasteiger charge is 2.30. The van der Waals surface area contributed by atoms with E-state index in [0.29, 0.717) is 18.6 Å². The Morgan fingerprint density at radius 2 is 1.90 bits per heavy atom. The zero-order valence-electron chi connectivity index (χ0n) is 16.8. The van der Waals surface area contributed by atoms with Gasteiger partial charge in [0.25, 0.3) is 5.91 Å². The summed E-state index contributed by atoms with van der Waals surface area (Å²) in [6, 6.07) is 18.0. The largest absolute Gasteiger partial charge is 0.394 e. The molecule has 0 radical (unpaired) electrons. The van der Waals surface area contributed by atoms with E-state index in [9.17, 15) is 14.7 Å². The number of aliphatic hydroxyl groups is 1. The summed E-state index contributed by atoms with van der Waals surface area (Å²) in [5.41, 5.74) is 4.19. The molecule has 2 aromatic carbocycles. The van der Waals surface area contributed by atoms with Crippen LogP contribution in [-0.2, 0) is 17.8 Å². The van der Waals surface area contributed by atoms with Crippen molar-refractivity contribution in [2.24, 2.45) is 0 Å². The lowest BCUT2D eigenvalue weighted by Gasteiger charge is -2.30. The molecule has 3 heterocycles. The van der Waals surface area contributed by atoms with Crippen molar-refractivity contribution in [1.82, 2.24) is 20.2 Å². The summed E-state index contributed by atoms with van der Waals surface area (Å²) in [6.07, 6.45) is 0.726. The lowest BCUT2D eigenvalue weighted by molar-refractivity contribution is -0.135. The first-order valence-corrected chi connectivity index (χ1v) is 10.3. The molecule has 156 valence electrons. The maximum Gasteiger partial charge on any atom is 0.270 e. The monoisotopic (exact) mass is 414 g/mol. The Bertz CT molecular complexity index is 1300. The van der Waals surface area contributed by atoms with E-state index in [-0.39, 0.29) is 11.6 Å². The van der Waals surface area contributed by atoms with E-state index in [1.54, 1.807) is 11.0 Å². The minimum Gasteiger partial charge on any atom is -0.394 e. The van der Waals surface area contributed by atoms with Gasteiger partial charge in [0.2, 0.25) is 5.91 Å². The minimum atomic E-state index is -1.02. The molecular weight excluding hydrogens is 392 g/mol. The van der Waals surface area contributed by atoms with Crippen LogP contribution in [0.5, 0.6) is 0 Å². The van der Waals surface area contributed by atoms with E-state index in [1.807, 2.05) is 48.5 Å². The molecule has 1 atom stereocenters. The first kappa shape index (κ1) is 19.3. The van der Waals surface area contributed by atoms with Crippen LogP contribution >= 0.6 is 0 Å². The van der Waals surface area contributed by atoms with E-state index in [0.717, 1.165) is 23.0 Å². The number of carbonyl (C=O) groups excluding carboxylic acids is 2. The number of aromatic nitrogens is 2. The van der Waals surface area contributed by atoms with Crippen LogP contribution in [0.15, 0.2) is 60.7 Å². The standard InChI is InChI=1S/C24H22N4O3/c29-14-22(27-23(30)20-10-9-15-5-1-3-7-18(15)25-20)24(31)28-12-11-17-16-6-2-4-8-19(16)26-21(17)13-28/h1-10,22,26,29H,11-14H2,(H,27,30). The van der Waals surface area contributed by atoms with E-state index in [2.05, 4.69) is 21.4 Å². The Morgan fingerprint density at radius 3 is 2.77 bits per heavy atom. The number of nitrogens with zero attached hydrogens (tertiary/aromatic N) is 2. The molecule has 31 heavy (non-hydrogen) atoms. The Balaban J connectivity index is 1.32. The molecule has 0 saturated heterocycles. The number of benzene rings is 2. The molecule has 7 nitrogen and oxygen atoms in total. The van der Waals surface area contributed by atoms with Gasteiger partial charge in [0.15, 0.2) is 0 Å². The second-order valence-electron chi connectivity index (χ2n) is 7.74. The fraction of sp³-hybridized carbons (Fsp3) is 0.208. The second kappa shape index (κ2) is 7.85. The fourth-order valence-corrected chi connectivity index (χ4v) is 4.21. The van der Waals surface area contributed by atoms with Gasteiger partial charge in [-0.15, -0.1) is 0 Å². The molecule has 1 aliphatic rings. The molecule has 7 heteroatoms. The van der Waals surface area contributed by atoms with E-state index >= 15 is 0 Å². The molecular formula is C24H22N4O3. The van der Waals surface area contributed by atoms with Crippen molar-refractivity contribution in [3.63, 3.8) is 0 Å². The van der Waals surface area contributed by atoms with Gasteiger partial charge in [-0.1, -0.05) is 42.5 Å². The number of amides is 2. The second-order valence-corrected chi connectivity index (χ2v) is 7.74. The zero-order chi connectivity index (χ0) is 21.4. The van der Waals surface area contributed by atoms with Gasteiger partial charge >= 0.3 is 0 Å². The molecule has 5 rings (SSSR count). The van der Waals surface area contributed by atoms with Crippen molar-refractivity contribution in [3.8, 4) is 0 Å². The van der Waals surface area contributed by atoms with Crippen molar-refractivity contribution < 1.29 is 14.7 Å². The van der Waals surface area contributed by atoms with Crippen molar-refractivity contribution in [2.45, 2.75) is 19.0 Å². The van der Waals surface area contributed by atoms with Crippen LogP contribution in [-0.4, -0.2) is 51.0 Å². The van der Waals surface area contributed by atoms with Crippen LogP contribution in [0.3, 0.4) is 0 Å². The highest BCUT2D eigenvalue weighted by molar-refractivity contribution is 5.98. The van der Waals surface area contributed by atoms with Gasteiger partial charge in [-0.25, -0.2) is 4.98 Å². The molecule has 0 bridgehead atoms. The molecule has 1 unspecified atom stereocenters. The highest BCUT2D eigenvalue weighted by Crippen LogP contribution is 2.27. The Labute approximate surface area is 178 Å². The lowest BCUT2D eigenvalue weighted by atomic mass is 10.0. The van der Waals surface area contributed by atoms with Gasteiger partial charge in [0, 0.05) is 28.5 Å². The van der Waals surface area contributed by atoms with Crippen molar-refractivity contribution in [1.29, 1.82) is 0 Å². The number of hydrogen-bond acceptors (Lipinski definition) is 4. The predicted molar refractivity (Wildman–Crippen MR) is 118 cm³/mol. The van der Waals surface area contributed by atoms with Gasteiger partial charge in [0.05, 0.1) is 18.7 Å². The Hall–Kier alpha value is -3.71. The third-order valence-corrected chi connectivity index (χ3v) is 5.81. The topological polar surface area (TPSA) is 98.3 Å². The molecule has 0 spiro atoms. The number of para-hydroxylation sites is 2. The van der Waals surface area contributed by atoms with Crippen molar-refractivity contribution in [3.05, 3.63) is 77.6 Å². The normalized spacial score (nSPS) is 14.4. The van der Waals surface area contributed by atoms with Crippen LogP contribution in [0.1, 0.15) is 21.7 Å². The third kappa shape index (κ3) is 3.53. The molecule has 0 fully saturated rings. The number of aliphatic hydroxyl groups excluding tert-OH is 1. The summed E-state index contributed by atoms with van der Waals surface area (Å²) >= 11 is 0. The number of carbonyl (C=O) groups is 2. The Morgan fingerprint density at radius 1 is 1.10 bits per heavy atom. The minimum absolute atomic E-state index is 0.210. The molecule has 3 N–H and O–H groups in total. The number of hydrogen-bond donors (Lipinski definition) is 3. The fourth-order valence-electron chi connectivity index (χ4n) is 4.21. The molecule has 0 aliphatic carbocycles. The quantitative estimate of drug-likeness (QED) is 0.478. The number of rotatable bonds is 4. The van der Waals surface area contributed by atoms with E-state index < -0.39 is 18.6 Å². The van der Waals surface area contributed by atoms with Crippen LogP contribution in [0.4, 0.5) is 0 Å². The van der Waals surface area contributed by atoms with Crippen LogP contribution < -0.4 is 5.32 Å². The van der Waals surface area contributed by atoms with Crippen LogP contribution in [0.25, 0.3) is 21.8 Å². The first-order valence-electron chi connectivity index (χ1n) is 10.3. The summed E-state index contributed by atoms with van der Waals surface area (Å²) in [5.74, 6) is -0.789. The average molecular weight is 414 g/mol. The summed E-state index contributed by atoms with van der Waals surface area (Å²) in [7, 11) is 0. The number of H-pyrrole nitrogens is 1. The molecule has 2 aromatic heterocycles. The molecule has 0 saturated carbocycles. The summed E-state index contributed by atoms with van der Waals surface area (Å²) < 4.78 is 0. The number of fused-ring (bicyclic) bond motifs is 4. The SMILES string of the molecule is O=C(NC(CO)C(=O)N1CCc2c([nH]c3ccccc23)C1)c1ccc2ccccc2n1. The smallest absolute Gasteiger partial charge is 0.270 e. The van der Waals surface area contributed by atoms with Gasteiger partial charge in [-0.2, -0.15) is 0 Å². The lowest BCUT2D eigenvalue weighted by Crippen LogP contribution is -2.51. The maximum absolute atomic E-state index is 13.1. The van der Waals surface area contributed by atoms with Gasteiger partial charge in [-0.05, 0) is 30.2 Å². The van der Waals surface area contributed by atoms with Crippen molar-refractivity contribution >= 4 is 33.6 Å². The van der Waals surface area contributed by atoms with Gasteiger partial charge in [0.1, 0.15) is 11.7 Å². The third-order valence-electron chi connectivity index (χ3n) is 5.81. The summed E-state index contributed by atoms with van der Waals surface area (Å²) in [4.78, 5) is 35.2. The molecule has 1 aliphatic heterocycles. The van der Waals surface area contributed by atoms with E-state index in [4.69, 9.17) is 0 Å². The van der Waals surface area contributed by atoms with E-state index in [1.165, 1.54) is 10.9 Å². The Kier molecular flexibility index (Phi) is 4.88. The molecule has 2 amide bonds. The number of aromatic amines is 1. The predicted octanol–water partition coefficient (Wildman–Crippen LogP) is 2.39. The zero-order valence-corrected chi connectivity index (χ0v) is 16.8. The molecule has 4 aromatic rings. The number of pyridine rings is 1. The van der Waals surface area contributed by atoms with Crippen molar-refractivity contribution in [2.75, 3.05) is 13.2 Å². The van der Waals surface area contributed by atoms with Crippen LogP contribution in [0, 0.1) is 0 Å². The van der Waals surface area contributed by atoms with Gasteiger partial charge in [-0.3, -0.25) is 9.59 Å². The first-order chi connectivity index (χ1) is 15.1. The highest BCUT2D eigenvalue weighted by atomic mass is 16.3. The maximum atomic E-state index is 13.1. The van der Waals surface area contributed by atoms with Gasteiger partial charge < -0.3 is 20.3 Å².